The van der Waals surface area contributed by atoms with Crippen LogP contribution in [0.25, 0.3) is 0 Å². The van der Waals surface area contributed by atoms with Crippen LogP contribution in [0.5, 0.6) is 0 Å². The molecule has 1 N–H and O–H groups in total. The van der Waals surface area contributed by atoms with E-state index in [1.54, 1.807) is 11.3 Å². The second-order valence-corrected chi connectivity index (χ2v) is 6.12. The van der Waals surface area contributed by atoms with Crippen LogP contribution in [0.1, 0.15) is 20.3 Å². The number of thioether (sulfide) groups is 1. The SMILES string of the molecule is CCC(C)N(CC(=O)O)C(=O)CSc1cccs1. The average molecular weight is 287 g/mol. The number of hydrogen-bond acceptors (Lipinski definition) is 4. The lowest BCUT2D eigenvalue weighted by Crippen LogP contribution is -2.42. The molecule has 18 heavy (non-hydrogen) atoms. The van der Waals surface area contributed by atoms with Crippen molar-refractivity contribution < 1.29 is 14.7 Å². The van der Waals surface area contributed by atoms with Crippen LogP contribution in [0.15, 0.2) is 21.7 Å². The Morgan fingerprint density at radius 2 is 2.28 bits per heavy atom. The van der Waals surface area contributed by atoms with Crippen LogP contribution in [-0.2, 0) is 9.59 Å². The van der Waals surface area contributed by atoms with Gasteiger partial charge in [0, 0.05) is 6.04 Å². The normalized spacial score (nSPS) is 12.1. The van der Waals surface area contributed by atoms with Crippen LogP contribution in [-0.4, -0.2) is 40.2 Å². The molecule has 0 aromatic carbocycles. The van der Waals surface area contributed by atoms with Crippen molar-refractivity contribution in [1.29, 1.82) is 0 Å². The molecule has 4 nitrogen and oxygen atoms in total. The molecule has 0 fully saturated rings. The molecule has 0 spiro atoms. The standard InChI is InChI=1S/C12H17NO3S2/c1-3-9(2)13(7-11(15)16)10(14)8-18-12-5-4-6-17-12/h4-6,9H,3,7-8H2,1-2H3,(H,15,16). The van der Waals surface area contributed by atoms with E-state index in [9.17, 15) is 9.59 Å². The number of carbonyl (C=O) groups excluding carboxylic acids is 1. The Labute approximate surface area is 115 Å². The highest BCUT2D eigenvalue weighted by Crippen LogP contribution is 2.23. The van der Waals surface area contributed by atoms with E-state index in [1.807, 2.05) is 31.4 Å². The lowest BCUT2D eigenvalue weighted by atomic mass is 10.2. The van der Waals surface area contributed by atoms with Crippen LogP contribution < -0.4 is 0 Å². The molecule has 0 saturated heterocycles. The summed E-state index contributed by atoms with van der Waals surface area (Å²) in [6, 6.07) is 3.84. The summed E-state index contributed by atoms with van der Waals surface area (Å²) in [5.41, 5.74) is 0. The molecule has 0 aliphatic rings. The molecule has 1 amide bonds. The molecule has 0 saturated carbocycles. The van der Waals surface area contributed by atoms with Gasteiger partial charge in [0.05, 0.1) is 9.96 Å². The molecule has 1 rings (SSSR count). The molecule has 1 aromatic heterocycles. The van der Waals surface area contributed by atoms with E-state index in [4.69, 9.17) is 5.11 Å². The van der Waals surface area contributed by atoms with Gasteiger partial charge in [-0.05, 0) is 24.8 Å². The minimum absolute atomic E-state index is 0.0439. The zero-order chi connectivity index (χ0) is 13.5. The smallest absolute Gasteiger partial charge is 0.323 e. The van der Waals surface area contributed by atoms with Crippen molar-refractivity contribution in [2.75, 3.05) is 12.3 Å². The lowest BCUT2D eigenvalue weighted by Gasteiger charge is -2.26. The third-order valence-electron chi connectivity index (χ3n) is 2.58. The first-order chi connectivity index (χ1) is 8.54. The number of carboxylic acid groups (broad SMARTS) is 1. The van der Waals surface area contributed by atoms with Crippen molar-refractivity contribution in [3.63, 3.8) is 0 Å². The molecule has 0 aliphatic carbocycles. The maximum Gasteiger partial charge on any atom is 0.323 e. The molecule has 1 unspecified atom stereocenters. The van der Waals surface area contributed by atoms with Crippen LogP contribution in [0, 0.1) is 0 Å². The number of aliphatic carboxylic acids is 1. The molecule has 1 aromatic rings. The molecular formula is C12H17NO3S2. The van der Waals surface area contributed by atoms with E-state index in [-0.39, 0.29) is 24.2 Å². The Balaban J connectivity index is 2.55. The van der Waals surface area contributed by atoms with Crippen molar-refractivity contribution in [2.24, 2.45) is 0 Å². The van der Waals surface area contributed by atoms with Gasteiger partial charge < -0.3 is 10.0 Å². The summed E-state index contributed by atoms with van der Waals surface area (Å²) < 4.78 is 1.07. The summed E-state index contributed by atoms with van der Waals surface area (Å²) >= 11 is 3.03. The van der Waals surface area contributed by atoms with Crippen LogP contribution in [0.3, 0.4) is 0 Å². The average Bonchev–Trinajstić information content (AvgIpc) is 2.85. The molecule has 100 valence electrons. The van der Waals surface area contributed by atoms with Crippen molar-refractivity contribution >= 4 is 35.0 Å². The third-order valence-corrected chi connectivity index (χ3v) is 4.70. The minimum atomic E-state index is -0.968. The van der Waals surface area contributed by atoms with E-state index in [0.717, 1.165) is 10.6 Å². The van der Waals surface area contributed by atoms with Gasteiger partial charge in [0.2, 0.25) is 5.91 Å². The summed E-state index contributed by atoms with van der Waals surface area (Å²) in [5, 5.41) is 10.8. The fourth-order valence-corrected chi connectivity index (χ4v) is 3.09. The van der Waals surface area contributed by atoms with Gasteiger partial charge in [-0.15, -0.1) is 23.1 Å². The maximum atomic E-state index is 12.0. The number of hydrogen-bond donors (Lipinski definition) is 1. The molecule has 6 heteroatoms. The van der Waals surface area contributed by atoms with Crippen LogP contribution in [0.4, 0.5) is 0 Å². The topological polar surface area (TPSA) is 57.6 Å². The summed E-state index contributed by atoms with van der Waals surface area (Å²) in [4.78, 5) is 24.2. The Hall–Kier alpha value is -1.01. The number of amides is 1. The monoisotopic (exact) mass is 287 g/mol. The number of nitrogens with zero attached hydrogens (tertiary/aromatic N) is 1. The van der Waals surface area contributed by atoms with Gasteiger partial charge in [0.15, 0.2) is 0 Å². The maximum absolute atomic E-state index is 12.0. The largest absolute Gasteiger partial charge is 0.480 e. The molecule has 1 heterocycles. The predicted molar refractivity (Wildman–Crippen MR) is 74.1 cm³/mol. The Morgan fingerprint density at radius 3 is 2.78 bits per heavy atom. The van der Waals surface area contributed by atoms with E-state index in [2.05, 4.69) is 0 Å². The fourth-order valence-electron chi connectivity index (χ4n) is 1.42. The summed E-state index contributed by atoms with van der Waals surface area (Å²) in [6.07, 6.45) is 0.753. The highest BCUT2D eigenvalue weighted by molar-refractivity contribution is 8.01. The number of carboxylic acids is 1. The molecular weight excluding hydrogens is 270 g/mol. The fraction of sp³-hybridized carbons (Fsp3) is 0.500. The Bertz CT molecular complexity index is 392. The van der Waals surface area contributed by atoms with Crippen molar-refractivity contribution in [3.05, 3.63) is 17.5 Å². The molecule has 0 bridgehead atoms. The molecule has 0 radical (unpaired) electrons. The van der Waals surface area contributed by atoms with Crippen LogP contribution >= 0.6 is 23.1 Å². The number of thiophene rings is 1. The van der Waals surface area contributed by atoms with Crippen molar-refractivity contribution in [3.8, 4) is 0 Å². The highest BCUT2D eigenvalue weighted by Gasteiger charge is 2.21. The summed E-state index contributed by atoms with van der Waals surface area (Å²) in [5.74, 6) is -0.798. The Kier molecular flexibility index (Phi) is 6.21. The molecule has 0 aliphatic heterocycles. The third kappa shape index (κ3) is 4.70. The van der Waals surface area contributed by atoms with Gasteiger partial charge in [-0.3, -0.25) is 9.59 Å². The van der Waals surface area contributed by atoms with Gasteiger partial charge in [-0.1, -0.05) is 13.0 Å². The van der Waals surface area contributed by atoms with Gasteiger partial charge in [0.1, 0.15) is 6.54 Å². The van der Waals surface area contributed by atoms with Crippen LogP contribution in [0.2, 0.25) is 0 Å². The Morgan fingerprint density at radius 1 is 1.56 bits per heavy atom. The number of carbonyl (C=O) groups is 2. The second kappa shape index (κ2) is 7.43. The first-order valence-electron chi connectivity index (χ1n) is 5.72. The molecule has 1 atom stereocenters. The summed E-state index contributed by atoms with van der Waals surface area (Å²) in [7, 11) is 0. The van der Waals surface area contributed by atoms with Gasteiger partial charge in [0.25, 0.3) is 0 Å². The summed E-state index contributed by atoms with van der Waals surface area (Å²) in [6.45, 7) is 3.59. The minimum Gasteiger partial charge on any atom is -0.480 e. The van der Waals surface area contributed by atoms with Crippen molar-refractivity contribution in [2.45, 2.75) is 30.5 Å². The van der Waals surface area contributed by atoms with Gasteiger partial charge in [-0.25, -0.2) is 0 Å². The highest BCUT2D eigenvalue weighted by atomic mass is 32.2. The second-order valence-electron chi connectivity index (χ2n) is 3.89. The number of rotatable bonds is 7. The van der Waals surface area contributed by atoms with E-state index >= 15 is 0 Å². The first-order valence-corrected chi connectivity index (χ1v) is 7.58. The van der Waals surface area contributed by atoms with E-state index in [0.29, 0.717) is 0 Å². The van der Waals surface area contributed by atoms with E-state index in [1.165, 1.54) is 16.7 Å². The quantitative estimate of drug-likeness (QED) is 0.783. The predicted octanol–water partition coefficient (Wildman–Crippen LogP) is 2.55. The first kappa shape index (κ1) is 15.0. The zero-order valence-electron chi connectivity index (χ0n) is 10.5. The lowest BCUT2D eigenvalue weighted by molar-refractivity contribution is -0.144. The zero-order valence-corrected chi connectivity index (χ0v) is 12.1. The van der Waals surface area contributed by atoms with Gasteiger partial charge in [-0.2, -0.15) is 0 Å². The van der Waals surface area contributed by atoms with Crippen molar-refractivity contribution in [1.82, 2.24) is 4.90 Å². The van der Waals surface area contributed by atoms with E-state index < -0.39 is 5.97 Å². The van der Waals surface area contributed by atoms with Gasteiger partial charge >= 0.3 is 5.97 Å².